The van der Waals surface area contributed by atoms with Gasteiger partial charge >= 0.3 is 0 Å². The Hall–Kier alpha value is -3.16. The van der Waals surface area contributed by atoms with Crippen molar-refractivity contribution in [3.05, 3.63) is 82.6 Å². The first-order chi connectivity index (χ1) is 14.9. The second-order valence-corrected chi connectivity index (χ2v) is 7.64. The van der Waals surface area contributed by atoms with E-state index in [0.29, 0.717) is 44.5 Å². The van der Waals surface area contributed by atoms with Crippen molar-refractivity contribution in [3.63, 3.8) is 0 Å². The van der Waals surface area contributed by atoms with Crippen LogP contribution in [0.5, 0.6) is 0 Å². The summed E-state index contributed by atoms with van der Waals surface area (Å²) in [5.74, 6) is 0.810. The minimum absolute atomic E-state index is 0.123. The molecule has 31 heavy (non-hydrogen) atoms. The fourth-order valence-electron chi connectivity index (χ4n) is 3.10. The molecule has 0 saturated heterocycles. The van der Waals surface area contributed by atoms with Crippen molar-refractivity contribution < 1.29 is 13.6 Å². The topological polar surface area (TPSA) is 73.0 Å². The van der Waals surface area contributed by atoms with Crippen LogP contribution >= 0.6 is 23.2 Å². The van der Waals surface area contributed by atoms with Gasteiger partial charge in [0.2, 0.25) is 5.91 Å². The van der Waals surface area contributed by atoms with Crippen LogP contribution in [0.15, 0.2) is 59.4 Å². The Kier molecular flexibility index (Phi) is 6.06. The maximum absolute atomic E-state index is 14.5. The van der Waals surface area contributed by atoms with E-state index in [9.17, 15) is 9.18 Å². The smallest absolute Gasteiger partial charge is 0.224 e. The molecule has 1 amide bonds. The monoisotopic (exact) mass is 458 g/mol. The largest absolute Gasteiger partial charge is 0.441 e. The van der Waals surface area contributed by atoms with Crippen LogP contribution < -0.4 is 5.32 Å². The lowest BCUT2D eigenvalue weighted by Gasteiger charge is -2.09. The molecule has 2 aromatic heterocycles. The SMILES string of the molecule is Cc1nccn1-c1ccc(NC(=O)CCc2ncc(-c3ccc(Cl)cc3Cl)o2)cc1F. The minimum Gasteiger partial charge on any atom is -0.441 e. The van der Waals surface area contributed by atoms with Crippen molar-refractivity contribution >= 4 is 34.8 Å². The highest BCUT2D eigenvalue weighted by Gasteiger charge is 2.13. The number of imidazole rings is 1. The third-order valence-electron chi connectivity index (χ3n) is 4.63. The molecule has 2 heterocycles. The summed E-state index contributed by atoms with van der Waals surface area (Å²) in [6.45, 7) is 1.78. The van der Waals surface area contributed by atoms with Crippen LogP contribution in [0, 0.1) is 12.7 Å². The highest BCUT2D eigenvalue weighted by molar-refractivity contribution is 6.36. The number of carbonyl (C=O) groups excluding carboxylic acids is 1. The number of nitrogens with one attached hydrogen (secondary N) is 1. The van der Waals surface area contributed by atoms with Gasteiger partial charge in [-0.1, -0.05) is 23.2 Å². The fraction of sp³-hybridized carbons (Fsp3) is 0.136. The molecule has 6 nitrogen and oxygen atoms in total. The number of amides is 1. The molecule has 0 aliphatic rings. The molecule has 158 valence electrons. The molecule has 4 rings (SSSR count). The molecular weight excluding hydrogens is 442 g/mol. The van der Waals surface area contributed by atoms with Crippen molar-refractivity contribution in [1.29, 1.82) is 0 Å². The van der Waals surface area contributed by atoms with Gasteiger partial charge in [-0.05, 0) is 43.3 Å². The lowest BCUT2D eigenvalue weighted by molar-refractivity contribution is -0.116. The second-order valence-electron chi connectivity index (χ2n) is 6.80. The van der Waals surface area contributed by atoms with Gasteiger partial charge in [0, 0.05) is 41.5 Å². The Labute approximate surface area is 187 Å². The van der Waals surface area contributed by atoms with E-state index in [2.05, 4.69) is 15.3 Å². The van der Waals surface area contributed by atoms with Crippen LogP contribution in [-0.4, -0.2) is 20.4 Å². The predicted octanol–water partition coefficient (Wildman–Crippen LogP) is 5.85. The lowest BCUT2D eigenvalue weighted by Crippen LogP contribution is -2.13. The van der Waals surface area contributed by atoms with Crippen LogP contribution in [-0.2, 0) is 11.2 Å². The molecule has 0 unspecified atom stereocenters. The Morgan fingerprint density at radius 1 is 1.19 bits per heavy atom. The highest BCUT2D eigenvalue weighted by atomic mass is 35.5. The third kappa shape index (κ3) is 4.78. The molecule has 9 heteroatoms. The average molecular weight is 459 g/mol. The molecule has 1 N–H and O–H groups in total. The van der Waals surface area contributed by atoms with Crippen molar-refractivity contribution in [2.75, 3.05) is 5.32 Å². The Morgan fingerprint density at radius 2 is 2.03 bits per heavy atom. The number of carbonyl (C=O) groups is 1. The quantitative estimate of drug-likeness (QED) is 0.393. The Bertz CT molecular complexity index is 1250. The van der Waals surface area contributed by atoms with Crippen LogP contribution in [0.2, 0.25) is 10.0 Å². The van der Waals surface area contributed by atoms with Gasteiger partial charge in [0.25, 0.3) is 0 Å². The number of benzene rings is 2. The summed E-state index contributed by atoms with van der Waals surface area (Å²) < 4.78 is 21.8. The van der Waals surface area contributed by atoms with Gasteiger partial charge in [0.1, 0.15) is 11.6 Å². The van der Waals surface area contributed by atoms with E-state index in [0.717, 1.165) is 0 Å². The van der Waals surface area contributed by atoms with Gasteiger partial charge in [-0.15, -0.1) is 0 Å². The minimum atomic E-state index is -0.462. The molecule has 2 aromatic carbocycles. The van der Waals surface area contributed by atoms with E-state index in [1.165, 1.54) is 6.07 Å². The zero-order valence-electron chi connectivity index (χ0n) is 16.4. The number of halogens is 3. The first-order valence-electron chi connectivity index (χ1n) is 9.40. The molecule has 0 saturated carbocycles. The lowest BCUT2D eigenvalue weighted by atomic mass is 10.2. The van der Waals surface area contributed by atoms with Crippen molar-refractivity contribution in [2.45, 2.75) is 19.8 Å². The summed E-state index contributed by atoms with van der Waals surface area (Å²) >= 11 is 12.1. The maximum Gasteiger partial charge on any atom is 0.224 e. The van der Waals surface area contributed by atoms with E-state index >= 15 is 0 Å². The first kappa shape index (κ1) is 21.1. The Balaban J connectivity index is 1.37. The average Bonchev–Trinajstić information content (AvgIpc) is 3.36. The standard InChI is InChI=1S/C22H17Cl2FN4O2/c1-13-26-8-9-29(13)19-5-3-15(11-18(19)25)28-21(30)6-7-22-27-12-20(31-22)16-4-2-14(23)10-17(16)24/h2-5,8-12H,6-7H2,1H3,(H,28,30). The zero-order chi connectivity index (χ0) is 22.0. The third-order valence-corrected chi connectivity index (χ3v) is 5.18. The summed E-state index contributed by atoms with van der Waals surface area (Å²) in [4.78, 5) is 20.6. The van der Waals surface area contributed by atoms with E-state index in [1.807, 2.05) is 0 Å². The van der Waals surface area contributed by atoms with Gasteiger partial charge in [0.15, 0.2) is 11.7 Å². The normalized spacial score (nSPS) is 11.0. The number of nitrogens with zero attached hydrogens (tertiary/aromatic N) is 3. The van der Waals surface area contributed by atoms with Gasteiger partial charge in [-0.3, -0.25) is 4.79 Å². The molecule has 0 aliphatic heterocycles. The van der Waals surface area contributed by atoms with Crippen LogP contribution in [0.3, 0.4) is 0 Å². The highest BCUT2D eigenvalue weighted by Crippen LogP contribution is 2.31. The van der Waals surface area contributed by atoms with Crippen molar-refractivity contribution in [2.24, 2.45) is 0 Å². The van der Waals surface area contributed by atoms with Crippen LogP contribution in [0.4, 0.5) is 10.1 Å². The summed E-state index contributed by atoms with van der Waals surface area (Å²) in [5, 5.41) is 3.66. The van der Waals surface area contributed by atoms with Gasteiger partial charge in [-0.25, -0.2) is 14.4 Å². The van der Waals surface area contributed by atoms with Gasteiger partial charge in [-0.2, -0.15) is 0 Å². The number of hydrogen-bond acceptors (Lipinski definition) is 4. The van der Waals surface area contributed by atoms with Gasteiger partial charge < -0.3 is 14.3 Å². The maximum atomic E-state index is 14.5. The Morgan fingerprint density at radius 3 is 2.74 bits per heavy atom. The molecule has 0 radical (unpaired) electrons. The molecule has 0 bridgehead atoms. The molecule has 0 atom stereocenters. The summed E-state index contributed by atoms with van der Waals surface area (Å²) in [5.41, 5.74) is 1.39. The summed E-state index contributed by atoms with van der Waals surface area (Å²) in [6.07, 6.45) is 5.23. The summed E-state index contributed by atoms with van der Waals surface area (Å²) in [7, 11) is 0. The summed E-state index contributed by atoms with van der Waals surface area (Å²) in [6, 6.07) is 9.57. The zero-order valence-corrected chi connectivity index (χ0v) is 17.9. The number of oxazole rings is 1. The van der Waals surface area contributed by atoms with E-state index in [-0.39, 0.29) is 18.7 Å². The molecular formula is C22H17Cl2FN4O2. The molecule has 4 aromatic rings. The number of hydrogen-bond donors (Lipinski definition) is 1. The van der Waals surface area contributed by atoms with E-state index < -0.39 is 5.82 Å². The number of anilines is 1. The fourth-order valence-corrected chi connectivity index (χ4v) is 3.60. The number of rotatable bonds is 6. The van der Waals surface area contributed by atoms with Gasteiger partial charge in [0.05, 0.1) is 16.9 Å². The second kappa shape index (κ2) is 8.91. The van der Waals surface area contributed by atoms with Crippen LogP contribution in [0.1, 0.15) is 18.1 Å². The van der Waals surface area contributed by atoms with E-state index in [4.69, 9.17) is 27.6 Å². The van der Waals surface area contributed by atoms with Crippen molar-refractivity contribution in [1.82, 2.24) is 14.5 Å². The predicted molar refractivity (Wildman–Crippen MR) is 117 cm³/mol. The number of aromatic nitrogens is 3. The number of aryl methyl sites for hydroxylation is 2. The molecule has 0 fully saturated rings. The van der Waals surface area contributed by atoms with Crippen LogP contribution in [0.25, 0.3) is 17.0 Å². The molecule has 0 spiro atoms. The first-order valence-corrected chi connectivity index (χ1v) is 10.2. The molecule has 0 aliphatic carbocycles. The van der Waals surface area contributed by atoms with Crippen molar-refractivity contribution in [3.8, 4) is 17.0 Å². The van der Waals surface area contributed by atoms with E-state index in [1.54, 1.807) is 60.4 Å².